The molecule has 2 aromatic heterocycles. The molecular formula is C22H27N7O3S. The van der Waals surface area contributed by atoms with Crippen LogP contribution in [0.2, 0.25) is 0 Å². The highest BCUT2D eigenvalue weighted by molar-refractivity contribution is 7.99. The molecule has 4 rings (SSSR count). The van der Waals surface area contributed by atoms with Gasteiger partial charge in [0.15, 0.2) is 10.8 Å². The maximum absolute atomic E-state index is 12.5. The van der Waals surface area contributed by atoms with Crippen LogP contribution in [0.4, 0.5) is 11.5 Å². The summed E-state index contributed by atoms with van der Waals surface area (Å²) in [4.78, 5) is 35.0. The lowest BCUT2D eigenvalue weighted by Crippen LogP contribution is -2.27. The lowest BCUT2D eigenvalue weighted by molar-refractivity contribution is -0.385. The normalized spacial score (nSPS) is 13.8. The molecule has 0 bridgehead atoms. The Labute approximate surface area is 195 Å². The van der Waals surface area contributed by atoms with Crippen LogP contribution in [0.5, 0.6) is 0 Å². The van der Waals surface area contributed by atoms with Crippen LogP contribution in [0.25, 0.3) is 11.0 Å². The van der Waals surface area contributed by atoms with E-state index in [9.17, 15) is 14.9 Å². The molecule has 1 aromatic carbocycles. The Kier molecular flexibility index (Phi) is 6.77. The number of rotatable bonds is 8. The van der Waals surface area contributed by atoms with Crippen molar-refractivity contribution in [2.24, 2.45) is 0 Å². The summed E-state index contributed by atoms with van der Waals surface area (Å²) in [7, 11) is 0. The molecule has 0 saturated carbocycles. The molecule has 11 heteroatoms. The third-order valence-corrected chi connectivity index (χ3v) is 6.34. The number of benzene rings is 1. The standard InChI is InChI=1S/C22H27N7O3S/c1-14(2)33-22-25-19(27-9-4-5-10-27)17-13-24-28(20(17)26-22)11-8-23-21(30)16-7-6-15(3)18(12-16)29(31)32/h6-7,12-14H,4-5,8-11H2,1-3H3,(H,23,30). The molecule has 3 heterocycles. The Balaban J connectivity index is 1.52. The maximum Gasteiger partial charge on any atom is 0.273 e. The fraction of sp³-hybridized carbons (Fsp3) is 0.455. The third-order valence-electron chi connectivity index (χ3n) is 5.48. The van der Waals surface area contributed by atoms with E-state index in [1.807, 2.05) is 0 Å². The summed E-state index contributed by atoms with van der Waals surface area (Å²) in [6.07, 6.45) is 4.09. The number of hydrogen-bond donors (Lipinski definition) is 1. The molecule has 0 unspecified atom stereocenters. The number of amides is 1. The van der Waals surface area contributed by atoms with Crippen molar-refractivity contribution in [2.75, 3.05) is 24.5 Å². The van der Waals surface area contributed by atoms with Crippen molar-refractivity contribution in [3.05, 3.63) is 45.6 Å². The van der Waals surface area contributed by atoms with Gasteiger partial charge in [0, 0.05) is 42.1 Å². The number of carbonyl (C=O) groups is 1. The Morgan fingerprint density at radius 2 is 2.03 bits per heavy atom. The second-order valence-corrected chi connectivity index (χ2v) is 9.85. The van der Waals surface area contributed by atoms with Crippen molar-refractivity contribution < 1.29 is 9.72 Å². The van der Waals surface area contributed by atoms with Crippen LogP contribution in [0.3, 0.4) is 0 Å². The number of nitro groups is 1. The average Bonchev–Trinajstić information content (AvgIpc) is 3.43. The van der Waals surface area contributed by atoms with Crippen LogP contribution in [0, 0.1) is 17.0 Å². The molecule has 1 N–H and O–H groups in total. The van der Waals surface area contributed by atoms with Gasteiger partial charge in [-0.1, -0.05) is 31.7 Å². The molecule has 33 heavy (non-hydrogen) atoms. The maximum atomic E-state index is 12.5. The summed E-state index contributed by atoms with van der Waals surface area (Å²) < 4.78 is 1.78. The Bertz CT molecular complexity index is 1190. The molecule has 0 spiro atoms. The number of aryl methyl sites for hydroxylation is 1. The van der Waals surface area contributed by atoms with Crippen LogP contribution in [0.15, 0.2) is 29.6 Å². The van der Waals surface area contributed by atoms with Crippen LogP contribution in [-0.2, 0) is 6.54 Å². The van der Waals surface area contributed by atoms with E-state index in [1.165, 1.54) is 6.07 Å². The first-order valence-electron chi connectivity index (χ1n) is 11.0. The van der Waals surface area contributed by atoms with Crippen molar-refractivity contribution >= 4 is 40.2 Å². The quantitative estimate of drug-likeness (QED) is 0.230. The first-order chi connectivity index (χ1) is 15.8. The largest absolute Gasteiger partial charge is 0.356 e. The number of thioether (sulfide) groups is 1. The van der Waals surface area contributed by atoms with Gasteiger partial charge in [0.05, 0.1) is 23.1 Å². The van der Waals surface area contributed by atoms with Crippen molar-refractivity contribution in [3.63, 3.8) is 0 Å². The second-order valence-electron chi connectivity index (χ2n) is 8.31. The zero-order chi connectivity index (χ0) is 23.5. The van der Waals surface area contributed by atoms with E-state index in [-0.39, 0.29) is 17.2 Å². The van der Waals surface area contributed by atoms with E-state index < -0.39 is 4.92 Å². The smallest absolute Gasteiger partial charge is 0.273 e. The summed E-state index contributed by atoms with van der Waals surface area (Å²) in [6.45, 7) is 8.54. The fourth-order valence-electron chi connectivity index (χ4n) is 3.84. The Morgan fingerprint density at radius 3 is 2.73 bits per heavy atom. The number of nitrogens with one attached hydrogen (secondary N) is 1. The van der Waals surface area contributed by atoms with Gasteiger partial charge in [0.1, 0.15) is 5.82 Å². The van der Waals surface area contributed by atoms with Gasteiger partial charge < -0.3 is 10.2 Å². The molecule has 1 aliphatic rings. The molecule has 1 amide bonds. The van der Waals surface area contributed by atoms with E-state index in [0.29, 0.717) is 23.9 Å². The summed E-state index contributed by atoms with van der Waals surface area (Å²) >= 11 is 1.61. The molecule has 174 valence electrons. The minimum Gasteiger partial charge on any atom is -0.356 e. The number of anilines is 1. The molecule has 1 aliphatic heterocycles. The number of fused-ring (bicyclic) bond motifs is 1. The van der Waals surface area contributed by atoms with Crippen LogP contribution in [-0.4, -0.2) is 55.5 Å². The van der Waals surface area contributed by atoms with E-state index in [0.717, 1.165) is 47.9 Å². The highest BCUT2D eigenvalue weighted by Crippen LogP contribution is 2.30. The molecule has 1 fully saturated rings. The highest BCUT2D eigenvalue weighted by Gasteiger charge is 2.21. The lowest BCUT2D eigenvalue weighted by Gasteiger charge is -2.18. The first-order valence-corrected chi connectivity index (χ1v) is 11.9. The van der Waals surface area contributed by atoms with Gasteiger partial charge in [-0.2, -0.15) is 5.10 Å². The minimum atomic E-state index is -0.480. The third kappa shape index (κ3) is 5.08. The van der Waals surface area contributed by atoms with E-state index in [4.69, 9.17) is 9.97 Å². The average molecular weight is 470 g/mol. The van der Waals surface area contributed by atoms with E-state index in [2.05, 4.69) is 29.2 Å². The second kappa shape index (κ2) is 9.74. The first kappa shape index (κ1) is 23.0. The van der Waals surface area contributed by atoms with Crippen molar-refractivity contribution in [1.82, 2.24) is 25.1 Å². The predicted molar refractivity (Wildman–Crippen MR) is 128 cm³/mol. The summed E-state index contributed by atoms with van der Waals surface area (Å²) in [5.41, 5.74) is 1.45. The van der Waals surface area contributed by atoms with Gasteiger partial charge in [-0.25, -0.2) is 14.6 Å². The van der Waals surface area contributed by atoms with Crippen molar-refractivity contribution in [1.29, 1.82) is 0 Å². The van der Waals surface area contributed by atoms with Crippen LogP contribution < -0.4 is 10.2 Å². The van der Waals surface area contributed by atoms with Gasteiger partial charge in [-0.15, -0.1) is 0 Å². The van der Waals surface area contributed by atoms with Crippen LogP contribution in [0.1, 0.15) is 42.6 Å². The number of hydrogen-bond acceptors (Lipinski definition) is 8. The molecular weight excluding hydrogens is 442 g/mol. The zero-order valence-corrected chi connectivity index (χ0v) is 19.8. The molecule has 0 atom stereocenters. The van der Waals surface area contributed by atoms with Gasteiger partial charge in [0.25, 0.3) is 11.6 Å². The van der Waals surface area contributed by atoms with E-state index >= 15 is 0 Å². The minimum absolute atomic E-state index is 0.0676. The topological polar surface area (TPSA) is 119 Å². The van der Waals surface area contributed by atoms with Crippen molar-refractivity contribution in [3.8, 4) is 0 Å². The summed E-state index contributed by atoms with van der Waals surface area (Å²) in [5.74, 6) is 0.556. The molecule has 0 aliphatic carbocycles. The Hall–Kier alpha value is -3.21. The molecule has 0 radical (unpaired) electrons. The zero-order valence-electron chi connectivity index (χ0n) is 18.9. The number of aromatic nitrogens is 4. The summed E-state index contributed by atoms with van der Waals surface area (Å²) in [5, 5.41) is 20.5. The van der Waals surface area contributed by atoms with E-state index in [1.54, 1.807) is 41.7 Å². The van der Waals surface area contributed by atoms with Gasteiger partial charge in [-0.3, -0.25) is 14.9 Å². The molecule has 1 saturated heterocycles. The fourth-order valence-corrected chi connectivity index (χ4v) is 4.54. The Morgan fingerprint density at radius 1 is 1.27 bits per heavy atom. The lowest BCUT2D eigenvalue weighted by atomic mass is 10.1. The van der Waals surface area contributed by atoms with Gasteiger partial charge in [0.2, 0.25) is 0 Å². The highest BCUT2D eigenvalue weighted by atomic mass is 32.2. The SMILES string of the molecule is Cc1ccc(C(=O)NCCn2ncc3c(N4CCCC4)nc(SC(C)C)nc32)cc1[N+](=O)[O-]. The predicted octanol–water partition coefficient (Wildman–Crippen LogP) is 3.57. The van der Waals surface area contributed by atoms with Crippen LogP contribution >= 0.6 is 11.8 Å². The molecule has 3 aromatic rings. The number of nitrogens with zero attached hydrogens (tertiary/aromatic N) is 6. The van der Waals surface area contributed by atoms with Gasteiger partial charge >= 0.3 is 0 Å². The van der Waals surface area contributed by atoms with Gasteiger partial charge in [-0.05, 0) is 25.8 Å². The number of carbonyl (C=O) groups excluding carboxylic acids is 1. The molecule has 10 nitrogen and oxygen atoms in total. The summed E-state index contributed by atoms with van der Waals surface area (Å²) in [6, 6.07) is 4.48. The monoisotopic (exact) mass is 469 g/mol. The number of nitro benzene ring substituents is 1. The van der Waals surface area contributed by atoms with Crippen molar-refractivity contribution in [2.45, 2.75) is 50.6 Å².